The normalized spacial score (nSPS) is 11.9. The third-order valence-electron chi connectivity index (χ3n) is 6.40. The number of hydrogen-bond donors (Lipinski definition) is 2. The van der Waals surface area contributed by atoms with Crippen LogP contribution in [0.3, 0.4) is 0 Å². The number of aromatic nitrogens is 2. The van der Waals surface area contributed by atoms with Crippen LogP contribution in [0.1, 0.15) is 45.4 Å². The predicted molar refractivity (Wildman–Crippen MR) is 148 cm³/mol. The van der Waals surface area contributed by atoms with Crippen molar-refractivity contribution in [2.24, 2.45) is 0 Å². The van der Waals surface area contributed by atoms with Crippen LogP contribution in [0.15, 0.2) is 97.3 Å². The Morgan fingerprint density at radius 1 is 0.811 bits per heavy atom. The largest absolute Gasteiger partial charge is 0.350 e. The average molecular weight is 494 g/mol. The Hall–Kier alpha value is -3.87. The smallest absolute Gasteiger partial charge is 0.251 e. The molecule has 0 aliphatic carbocycles. The van der Waals surface area contributed by atoms with Crippen LogP contribution in [0, 0.1) is 6.92 Å². The molecule has 2 aromatic carbocycles. The molecule has 1 amide bonds. The maximum atomic E-state index is 12.8. The lowest BCUT2D eigenvalue weighted by Gasteiger charge is -2.29. The predicted octanol–water partition coefficient (Wildman–Crippen LogP) is 4.90. The van der Waals surface area contributed by atoms with Gasteiger partial charge in [0.15, 0.2) is 0 Å². The Bertz CT molecular complexity index is 1260. The average Bonchev–Trinajstić information content (AvgIpc) is 2.93. The maximum absolute atomic E-state index is 12.8. The van der Waals surface area contributed by atoms with Crippen molar-refractivity contribution < 1.29 is 4.79 Å². The van der Waals surface area contributed by atoms with E-state index in [0.29, 0.717) is 13.1 Å². The molecule has 6 nitrogen and oxygen atoms in total. The summed E-state index contributed by atoms with van der Waals surface area (Å²) < 4.78 is 0. The minimum Gasteiger partial charge on any atom is -0.350 e. The Morgan fingerprint density at radius 3 is 2.24 bits per heavy atom. The molecule has 1 unspecified atom stereocenters. The first-order chi connectivity index (χ1) is 18.1. The lowest BCUT2D eigenvalue weighted by atomic mass is 10.1. The van der Waals surface area contributed by atoms with Gasteiger partial charge in [-0.05, 0) is 60.9 Å². The number of nitrogens with zero attached hydrogens (tertiary/aromatic N) is 3. The summed E-state index contributed by atoms with van der Waals surface area (Å²) in [5.41, 5.74) is 6.19. The summed E-state index contributed by atoms with van der Waals surface area (Å²) in [4.78, 5) is 24.1. The van der Waals surface area contributed by atoms with Gasteiger partial charge in [-0.25, -0.2) is 0 Å². The van der Waals surface area contributed by atoms with E-state index in [1.165, 1.54) is 11.1 Å². The highest BCUT2D eigenvalue weighted by Gasteiger charge is 2.18. The quantitative estimate of drug-likeness (QED) is 0.294. The maximum Gasteiger partial charge on any atom is 0.251 e. The first kappa shape index (κ1) is 26.2. The zero-order chi connectivity index (χ0) is 25.9. The molecule has 0 saturated carbocycles. The van der Waals surface area contributed by atoms with E-state index in [1.807, 2.05) is 80.0 Å². The zero-order valence-corrected chi connectivity index (χ0v) is 21.6. The molecule has 2 N–H and O–H groups in total. The highest BCUT2D eigenvalue weighted by molar-refractivity contribution is 5.95. The van der Waals surface area contributed by atoms with Gasteiger partial charge in [0.25, 0.3) is 5.91 Å². The second-order valence-electron chi connectivity index (χ2n) is 9.34. The highest BCUT2D eigenvalue weighted by atomic mass is 16.1. The van der Waals surface area contributed by atoms with Gasteiger partial charge in [0.05, 0.1) is 11.4 Å². The molecule has 190 valence electrons. The Kier molecular flexibility index (Phi) is 9.52. The molecule has 2 heterocycles. The molecule has 37 heavy (non-hydrogen) atoms. The second kappa shape index (κ2) is 13.4. The van der Waals surface area contributed by atoms with Gasteiger partial charge in [0.2, 0.25) is 0 Å². The summed E-state index contributed by atoms with van der Waals surface area (Å²) >= 11 is 0. The summed E-state index contributed by atoms with van der Waals surface area (Å²) in [5, 5.41) is 6.61. The molecule has 0 aliphatic rings. The summed E-state index contributed by atoms with van der Waals surface area (Å²) in [6, 6.07) is 28.4. The van der Waals surface area contributed by atoms with Crippen molar-refractivity contribution in [3.63, 3.8) is 0 Å². The lowest BCUT2D eigenvalue weighted by Crippen LogP contribution is -2.41. The van der Waals surface area contributed by atoms with Crippen LogP contribution in [0.2, 0.25) is 0 Å². The Labute approximate surface area is 219 Å². The fourth-order valence-electron chi connectivity index (χ4n) is 4.27. The van der Waals surface area contributed by atoms with Gasteiger partial charge >= 0.3 is 0 Å². The van der Waals surface area contributed by atoms with E-state index < -0.39 is 0 Å². The number of benzene rings is 2. The number of rotatable bonds is 12. The first-order valence-corrected chi connectivity index (χ1v) is 12.7. The first-order valence-electron chi connectivity index (χ1n) is 12.7. The number of carbonyl (C=O) groups excluding carboxylic acids is 1. The summed E-state index contributed by atoms with van der Waals surface area (Å²) in [6.07, 6.45) is 3.64. The Balaban J connectivity index is 1.40. The number of amides is 1. The molecule has 0 saturated heterocycles. The van der Waals surface area contributed by atoms with Crippen LogP contribution in [-0.2, 0) is 26.2 Å². The van der Waals surface area contributed by atoms with E-state index in [0.717, 1.165) is 42.1 Å². The fourth-order valence-corrected chi connectivity index (χ4v) is 4.27. The minimum atomic E-state index is -0.0382. The molecular formula is C31H35N5O. The molecule has 2 aromatic heterocycles. The van der Waals surface area contributed by atoms with Crippen molar-refractivity contribution in [1.29, 1.82) is 0 Å². The van der Waals surface area contributed by atoms with Crippen molar-refractivity contribution in [2.45, 2.75) is 46.1 Å². The minimum absolute atomic E-state index is 0.0382. The third kappa shape index (κ3) is 8.07. The van der Waals surface area contributed by atoms with E-state index in [9.17, 15) is 4.79 Å². The molecule has 1 atom stereocenters. The molecule has 6 heteroatoms. The van der Waals surface area contributed by atoms with E-state index in [1.54, 1.807) is 0 Å². The van der Waals surface area contributed by atoms with E-state index in [-0.39, 0.29) is 11.9 Å². The van der Waals surface area contributed by atoms with Crippen LogP contribution in [0.4, 0.5) is 0 Å². The van der Waals surface area contributed by atoms with Crippen LogP contribution in [-0.4, -0.2) is 33.4 Å². The van der Waals surface area contributed by atoms with Gasteiger partial charge in [0.1, 0.15) is 0 Å². The molecular weight excluding hydrogens is 458 g/mol. The molecule has 0 radical (unpaired) electrons. The highest BCUT2D eigenvalue weighted by Crippen LogP contribution is 2.15. The van der Waals surface area contributed by atoms with Gasteiger partial charge in [-0.15, -0.1) is 0 Å². The van der Waals surface area contributed by atoms with Crippen LogP contribution in [0.25, 0.3) is 0 Å². The molecule has 0 spiro atoms. The van der Waals surface area contributed by atoms with E-state index >= 15 is 0 Å². The number of carbonyl (C=O) groups is 1. The molecule has 4 aromatic rings. The van der Waals surface area contributed by atoms with Crippen LogP contribution < -0.4 is 10.6 Å². The van der Waals surface area contributed by atoms with Gasteiger partial charge < -0.3 is 10.6 Å². The summed E-state index contributed by atoms with van der Waals surface area (Å²) in [5.74, 6) is -0.0382. The molecule has 0 bridgehead atoms. The standard InChI is InChI=1S/C31H35N5O/c1-24-10-3-4-15-30(24)31(37)35-19-25(2)36(23-29-14-6-8-17-34-29)22-27-12-9-11-26(18-27)20-32-21-28-13-5-7-16-33-28/h3-18,25,32H,19-23H2,1-2H3,(H,35,37). The topological polar surface area (TPSA) is 70.2 Å². The van der Waals surface area contributed by atoms with Gasteiger partial charge in [-0.2, -0.15) is 0 Å². The van der Waals surface area contributed by atoms with Crippen LogP contribution in [0.5, 0.6) is 0 Å². The van der Waals surface area contributed by atoms with Gasteiger partial charge in [-0.1, -0.05) is 54.6 Å². The van der Waals surface area contributed by atoms with E-state index in [2.05, 4.69) is 56.7 Å². The number of pyridine rings is 2. The molecule has 4 rings (SSSR count). The Morgan fingerprint density at radius 2 is 1.51 bits per heavy atom. The number of hydrogen-bond acceptors (Lipinski definition) is 5. The van der Waals surface area contributed by atoms with Gasteiger partial charge in [0, 0.05) is 56.7 Å². The van der Waals surface area contributed by atoms with E-state index in [4.69, 9.17) is 0 Å². The molecule has 0 aliphatic heterocycles. The number of nitrogens with one attached hydrogen (secondary N) is 2. The lowest BCUT2D eigenvalue weighted by molar-refractivity contribution is 0.0931. The SMILES string of the molecule is Cc1ccccc1C(=O)NCC(C)N(Cc1cccc(CNCc2ccccn2)c1)Cc1ccccn1. The molecule has 0 fully saturated rings. The fraction of sp³-hybridized carbons (Fsp3) is 0.258. The second-order valence-corrected chi connectivity index (χ2v) is 9.34. The van der Waals surface area contributed by atoms with Crippen molar-refractivity contribution in [3.8, 4) is 0 Å². The monoisotopic (exact) mass is 493 g/mol. The summed E-state index contributed by atoms with van der Waals surface area (Å²) in [6.45, 7) is 7.62. The summed E-state index contributed by atoms with van der Waals surface area (Å²) in [7, 11) is 0. The van der Waals surface area contributed by atoms with Gasteiger partial charge in [-0.3, -0.25) is 19.7 Å². The van der Waals surface area contributed by atoms with Crippen LogP contribution >= 0.6 is 0 Å². The van der Waals surface area contributed by atoms with Crippen molar-refractivity contribution in [1.82, 2.24) is 25.5 Å². The number of aryl methyl sites for hydroxylation is 1. The zero-order valence-electron chi connectivity index (χ0n) is 21.6. The third-order valence-corrected chi connectivity index (χ3v) is 6.40. The van der Waals surface area contributed by atoms with Crippen molar-refractivity contribution in [2.75, 3.05) is 6.54 Å². The van der Waals surface area contributed by atoms with Crippen molar-refractivity contribution >= 4 is 5.91 Å². The van der Waals surface area contributed by atoms with Crippen molar-refractivity contribution in [3.05, 3.63) is 131 Å².